The summed E-state index contributed by atoms with van der Waals surface area (Å²) in [6.07, 6.45) is 1.91. The Labute approximate surface area is 162 Å². The first-order valence-corrected chi connectivity index (χ1v) is 10.2. The van der Waals surface area contributed by atoms with Crippen LogP contribution in [0.3, 0.4) is 0 Å². The summed E-state index contributed by atoms with van der Waals surface area (Å²) < 4.78 is 11.0. The zero-order valence-electron chi connectivity index (χ0n) is 15.7. The number of carboxylic acid groups (broad SMARTS) is 1. The molecular formula is C19H25NO6S. The molecule has 8 heteroatoms. The van der Waals surface area contributed by atoms with Crippen LogP contribution in [-0.2, 0) is 25.5 Å². The van der Waals surface area contributed by atoms with Crippen LogP contribution in [0, 0.1) is 18.8 Å². The molecule has 2 saturated heterocycles. The molecule has 2 fully saturated rings. The number of aliphatic carboxylic acids is 1. The van der Waals surface area contributed by atoms with E-state index in [1.54, 1.807) is 0 Å². The van der Waals surface area contributed by atoms with Crippen LogP contribution >= 0.6 is 11.3 Å². The van der Waals surface area contributed by atoms with Crippen LogP contribution < -0.4 is 5.32 Å². The molecule has 1 aromatic rings. The zero-order valence-corrected chi connectivity index (χ0v) is 16.6. The van der Waals surface area contributed by atoms with Crippen LogP contribution in [0.25, 0.3) is 0 Å². The standard InChI is InChI=1S/C19H25NO6S/c1-4-8-25-19(24)13-10(5-2)9(3)27-17(13)20-16(21)14-11-6-7-12(26-11)15(14)18(22)23/h11-12,14-15H,4-8H2,1-3H3,(H,20,21)(H,22,23)/t11-,12+,14+,15-/m0/s1. The summed E-state index contributed by atoms with van der Waals surface area (Å²) in [6, 6.07) is 0. The maximum atomic E-state index is 12.9. The Hall–Kier alpha value is -1.93. The van der Waals surface area contributed by atoms with Gasteiger partial charge in [-0.1, -0.05) is 13.8 Å². The van der Waals surface area contributed by atoms with Gasteiger partial charge in [0.05, 0.1) is 36.2 Å². The number of esters is 1. The molecule has 0 unspecified atom stereocenters. The Morgan fingerprint density at radius 2 is 1.89 bits per heavy atom. The van der Waals surface area contributed by atoms with Crippen molar-refractivity contribution >= 4 is 34.2 Å². The van der Waals surface area contributed by atoms with E-state index in [9.17, 15) is 19.5 Å². The predicted molar refractivity (Wildman–Crippen MR) is 100 cm³/mol. The van der Waals surface area contributed by atoms with Gasteiger partial charge in [0.15, 0.2) is 0 Å². The van der Waals surface area contributed by atoms with E-state index in [1.807, 2.05) is 20.8 Å². The average Bonchev–Trinajstić information content (AvgIpc) is 3.31. The van der Waals surface area contributed by atoms with E-state index in [2.05, 4.69) is 5.32 Å². The molecule has 3 rings (SSSR count). The molecule has 4 atom stereocenters. The van der Waals surface area contributed by atoms with Crippen LogP contribution in [0.5, 0.6) is 0 Å². The molecular weight excluding hydrogens is 370 g/mol. The van der Waals surface area contributed by atoms with Crippen molar-refractivity contribution in [2.45, 2.75) is 58.7 Å². The second-order valence-corrected chi connectivity index (χ2v) is 8.22. The van der Waals surface area contributed by atoms with Gasteiger partial charge in [0.2, 0.25) is 5.91 Å². The number of carboxylic acids is 1. The van der Waals surface area contributed by atoms with E-state index >= 15 is 0 Å². The summed E-state index contributed by atoms with van der Waals surface area (Å²) in [7, 11) is 0. The van der Waals surface area contributed by atoms with Crippen molar-refractivity contribution in [2.24, 2.45) is 11.8 Å². The van der Waals surface area contributed by atoms with Crippen LogP contribution in [0.15, 0.2) is 0 Å². The van der Waals surface area contributed by atoms with Gasteiger partial charge >= 0.3 is 11.9 Å². The van der Waals surface area contributed by atoms with Crippen molar-refractivity contribution in [1.82, 2.24) is 0 Å². The maximum absolute atomic E-state index is 12.9. The van der Waals surface area contributed by atoms with Crippen molar-refractivity contribution in [3.05, 3.63) is 16.0 Å². The number of anilines is 1. The van der Waals surface area contributed by atoms with E-state index in [0.29, 0.717) is 42.9 Å². The van der Waals surface area contributed by atoms with E-state index in [4.69, 9.17) is 9.47 Å². The molecule has 0 saturated carbocycles. The number of hydrogen-bond donors (Lipinski definition) is 2. The lowest BCUT2D eigenvalue weighted by atomic mass is 9.79. The van der Waals surface area contributed by atoms with Gasteiger partial charge in [0, 0.05) is 4.88 Å². The van der Waals surface area contributed by atoms with Gasteiger partial charge in [-0.2, -0.15) is 0 Å². The van der Waals surface area contributed by atoms with E-state index in [-0.39, 0.29) is 6.10 Å². The normalized spacial score (nSPS) is 26.2. The summed E-state index contributed by atoms with van der Waals surface area (Å²) in [5.41, 5.74) is 1.24. The lowest BCUT2D eigenvalue weighted by Crippen LogP contribution is -2.41. The first kappa shape index (κ1) is 19.8. The minimum atomic E-state index is -1.01. The van der Waals surface area contributed by atoms with Gasteiger partial charge in [-0.15, -0.1) is 11.3 Å². The summed E-state index contributed by atoms with van der Waals surface area (Å²) in [5.74, 6) is -3.45. The van der Waals surface area contributed by atoms with Gasteiger partial charge in [-0.3, -0.25) is 9.59 Å². The minimum absolute atomic E-state index is 0.311. The molecule has 1 aromatic heterocycles. The summed E-state index contributed by atoms with van der Waals surface area (Å²) in [4.78, 5) is 38.0. The molecule has 3 heterocycles. The fourth-order valence-electron chi connectivity index (χ4n) is 4.10. The smallest absolute Gasteiger partial charge is 0.341 e. The van der Waals surface area contributed by atoms with Crippen molar-refractivity contribution in [2.75, 3.05) is 11.9 Å². The minimum Gasteiger partial charge on any atom is -0.481 e. The van der Waals surface area contributed by atoms with Crippen LogP contribution in [0.4, 0.5) is 5.00 Å². The number of fused-ring (bicyclic) bond motifs is 2. The number of carbonyl (C=O) groups excluding carboxylic acids is 2. The molecule has 0 aliphatic carbocycles. The highest BCUT2D eigenvalue weighted by Gasteiger charge is 2.55. The number of ether oxygens (including phenoxy) is 2. The Morgan fingerprint density at radius 1 is 1.22 bits per heavy atom. The molecule has 0 aromatic carbocycles. The van der Waals surface area contributed by atoms with Crippen molar-refractivity contribution in [3.63, 3.8) is 0 Å². The lowest BCUT2D eigenvalue weighted by molar-refractivity contribution is -0.147. The fourth-order valence-corrected chi connectivity index (χ4v) is 5.23. The van der Waals surface area contributed by atoms with Crippen LogP contribution in [-0.4, -0.2) is 41.8 Å². The first-order valence-electron chi connectivity index (χ1n) is 9.37. The molecule has 148 valence electrons. The number of hydrogen-bond acceptors (Lipinski definition) is 6. The number of amides is 1. The first-order chi connectivity index (χ1) is 12.9. The average molecular weight is 395 g/mol. The number of thiophene rings is 1. The second-order valence-electron chi connectivity index (χ2n) is 7.00. The van der Waals surface area contributed by atoms with Gasteiger partial charge < -0.3 is 19.9 Å². The van der Waals surface area contributed by atoms with Gasteiger partial charge in [0.25, 0.3) is 0 Å². The molecule has 1 amide bonds. The third kappa shape index (κ3) is 3.60. The lowest BCUT2D eigenvalue weighted by Gasteiger charge is -2.23. The molecule has 0 spiro atoms. The summed E-state index contributed by atoms with van der Waals surface area (Å²) in [6.45, 7) is 6.07. The zero-order chi connectivity index (χ0) is 19.7. The van der Waals surface area contributed by atoms with E-state index in [1.165, 1.54) is 11.3 Å². The van der Waals surface area contributed by atoms with Crippen molar-refractivity contribution in [3.8, 4) is 0 Å². The molecule has 0 radical (unpaired) electrons. The van der Waals surface area contributed by atoms with Gasteiger partial charge in [-0.25, -0.2) is 4.79 Å². The summed E-state index contributed by atoms with van der Waals surface area (Å²) in [5, 5.41) is 12.8. The maximum Gasteiger partial charge on any atom is 0.341 e. The Kier molecular flexibility index (Phi) is 5.86. The third-order valence-electron chi connectivity index (χ3n) is 5.30. The predicted octanol–water partition coefficient (Wildman–Crippen LogP) is 3.00. The third-order valence-corrected chi connectivity index (χ3v) is 6.36. The molecule has 2 aliphatic heterocycles. The van der Waals surface area contributed by atoms with Crippen LogP contribution in [0.1, 0.15) is 53.9 Å². The number of carbonyl (C=O) groups is 3. The second kappa shape index (κ2) is 7.98. The monoisotopic (exact) mass is 395 g/mol. The van der Waals surface area contributed by atoms with E-state index < -0.39 is 35.8 Å². The molecule has 2 bridgehead atoms. The molecule has 27 heavy (non-hydrogen) atoms. The van der Waals surface area contributed by atoms with Crippen molar-refractivity contribution < 1.29 is 29.0 Å². The SMILES string of the molecule is CCCOC(=O)c1c(NC(=O)[C@H]2[C@@H](C(=O)O)[C@H]3CC[C@@H]2O3)sc(C)c1CC. The number of aryl methyl sites for hydroxylation is 1. The largest absolute Gasteiger partial charge is 0.481 e. The number of rotatable bonds is 7. The van der Waals surface area contributed by atoms with Crippen molar-refractivity contribution in [1.29, 1.82) is 0 Å². The summed E-state index contributed by atoms with van der Waals surface area (Å²) >= 11 is 1.32. The highest BCUT2D eigenvalue weighted by Crippen LogP contribution is 2.44. The van der Waals surface area contributed by atoms with Gasteiger partial charge in [-0.05, 0) is 38.2 Å². The van der Waals surface area contributed by atoms with Crippen LogP contribution in [0.2, 0.25) is 0 Å². The van der Waals surface area contributed by atoms with Gasteiger partial charge in [0.1, 0.15) is 5.00 Å². The quantitative estimate of drug-likeness (QED) is 0.688. The molecule has 2 aliphatic rings. The Morgan fingerprint density at radius 3 is 2.48 bits per heavy atom. The molecule has 2 N–H and O–H groups in total. The number of nitrogens with one attached hydrogen (secondary N) is 1. The van der Waals surface area contributed by atoms with E-state index in [0.717, 1.165) is 10.4 Å². The fraction of sp³-hybridized carbons (Fsp3) is 0.632. The highest BCUT2D eigenvalue weighted by molar-refractivity contribution is 7.16. The topological polar surface area (TPSA) is 102 Å². The Balaban J connectivity index is 1.85. The highest BCUT2D eigenvalue weighted by atomic mass is 32.1. The molecule has 7 nitrogen and oxygen atoms in total. The Bertz CT molecular complexity index is 758.